The predicted molar refractivity (Wildman–Crippen MR) is 129 cm³/mol. The van der Waals surface area contributed by atoms with Gasteiger partial charge in [0.15, 0.2) is 5.78 Å². The van der Waals surface area contributed by atoms with Crippen molar-refractivity contribution in [3.8, 4) is 0 Å². The molecule has 1 atom stereocenters. The van der Waals surface area contributed by atoms with Crippen molar-refractivity contribution < 1.29 is 4.79 Å². The van der Waals surface area contributed by atoms with E-state index in [4.69, 9.17) is 11.8 Å². The van der Waals surface area contributed by atoms with Crippen LogP contribution in [0.5, 0.6) is 0 Å². The molecule has 0 radical (unpaired) electrons. The Balaban J connectivity index is 2.04. The van der Waals surface area contributed by atoms with Crippen molar-refractivity contribution in [3.05, 3.63) is 115 Å². The summed E-state index contributed by atoms with van der Waals surface area (Å²) in [4.78, 5) is 12.2. The standard InChI is InChI=1S/C25H24NOPS/c1-20(21(2)27)25(19-18-22-12-6-3-7-13-22)26-28(29,23-14-8-4-9-15-23)24-16-10-5-11-17-24/h3-19,25H,1H2,2H3,(H,26,29)/b19-18+. The zero-order chi connectivity index (χ0) is 20.7. The monoisotopic (exact) mass is 417 g/mol. The van der Waals surface area contributed by atoms with E-state index in [1.165, 1.54) is 0 Å². The highest BCUT2D eigenvalue weighted by Gasteiger charge is 2.26. The SMILES string of the molecule is C=C(C(C)=O)C(/C=C/c1ccccc1)NP(=S)(c1ccccc1)c1ccccc1. The molecule has 0 saturated heterocycles. The second-order valence-electron chi connectivity index (χ2n) is 6.74. The summed E-state index contributed by atoms with van der Waals surface area (Å²) in [7, 11) is 0. The molecule has 3 aromatic rings. The van der Waals surface area contributed by atoms with Crippen LogP contribution in [0.15, 0.2) is 109 Å². The Bertz CT molecular complexity index is 1000. The first-order chi connectivity index (χ1) is 14.0. The van der Waals surface area contributed by atoms with Crippen LogP contribution in [0.25, 0.3) is 6.08 Å². The maximum absolute atomic E-state index is 12.2. The number of rotatable bonds is 8. The molecule has 0 bridgehead atoms. The molecule has 1 unspecified atom stereocenters. The molecular formula is C25H24NOPS. The summed E-state index contributed by atoms with van der Waals surface area (Å²) in [5, 5.41) is 5.74. The molecule has 0 fully saturated rings. The minimum absolute atomic E-state index is 0.0529. The summed E-state index contributed by atoms with van der Waals surface area (Å²) in [6.45, 7) is 5.59. The quantitative estimate of drug-likeness (QED) is 0.420. The highest BCUT2D eigenvalue weighted by Crippen LogP contribution is 2.40. The molecule has 0 amide bonds. The first-order valence-corrected chi connectivity index (χ1v) is 12.2. The molecule has 0 aliphatic heterocycles. The van der Waals surface area contributed by atoms with Gasteiger partial charge in [-0.2, -0.15) is 0 Å². The topological polar surface area (TPSA) is 29.1 Å². The second-order valence-corrected chi connectivity index (χ2v) is 10.9. The Labute approximate surface area is 178 Å². The van der Waals surface area contributed by atoms with Crippen molar-refractivity contribution in [3.63, 3.8) is 0 Å². The molecule has 0 saturated carbocycles. The van der Waals surface area contributed by atoms with E-state index in [0.29, 0.717) is 5.57 Å². The van der Waals surface area contributed by atoms with Crippen molar-refractivity contribution in [2.75, 3.05) is 0 Å². The number of ketones is 1. The lowest BCUT2D eigenvalue weighted by Gasteiger charge is -2.29. The number of Topliss-reactive ketones (excluding diaryl/α,β-unsaturated/α-hetero) is 1. The smallest absolute Gasteiger partial charge is 0.157 e. The number of carbonyl (C=O) groups excluding carboxylic acids is 1. The van der Waals surface area contributed by atoms with Crippen LogP contribution in [0, 0.1) is 0 Å². The molecule has 146 valence electrons. The minimum atomic E-state index is -2.38. The summed E-state index contributed by atoms with van der Waals surface area (Å²) in [5.41, 5.74) is 1.56. The fourth-order valence-electron chi connectivity index (χ4n) is 3.00. The lowest BCUT2D eigenvalue weighted by molar-refractivity contribution is -0.113. The van der Waals surface area contributed by atoms with E-state index in [0.717, 1.165) is 16.2 Å². The van der Waals surface area contributed by atoms with Gasteiger partial charge in [0.25, 0.3) is 0 Å². The van der Waals surface area contributed by atoms with Crippen molar-refractivity contribution in [2.24, 2.45) is 0 Å². The second kappa shape index (κ2) is 9.76. The van der Waals surface area contributed by atoms with Gasteiger partial charge in [0.2, 0.25) is 0 Å². The minimum Gasteiger partial charge on any atom is -0.295 e. The lowest BCUT2D eigenvalue weighted by Crippen LogP contribution is -2.36. The van der Waals surface area contributed by atoms with Crippen molar-refractivity contribution in [1.29, 1.82) is 0 Å². The Hall–Kier alpha value is -2.58. The molecular weight excluding hydrogens is 393 g/mol. The van der Waals surface area contributed by atoms with Gasteiger partial charge in [0.05, 0.1) is 12.2 Å². The van der Waals surface area contributed by atoms with E-state index in [1.54, 1.807) is 6.92 Å². The first-order valence-electron chi connectivity index (χ1n) is 9.43. The largest absolute Gasteiger partial charge is 0.295 e. The fraction of sp³-hybridized carbons (Fsp3) is 0.0800. The Kier molecular flexibility index (Phi) is 7.11. The van der Waals surface area contributed by atoms with Gasteiger partial charge in [-0.15, -0.1) is 0 Å². The van der Waals surface area contributed by atoms with Crippen LogP contribution in [0.3, 0.4) is 0 Å². The Morgan fingerprint density at radius 1 is 0.897 bits per heavy atom. The fourth-order valence-corrected chi connectivity index (χ4v) is 6.48. The zero-order valence-electron chi connectivity index (χ0n) is 16.4. The molecule has 3 aromatic carbocycles. The van der Waals surface area contributed by atoms with E-state index >= 15 is 0 Å². The van der Waals surface area contributed by atoms with E-state index < -0.39 is 6.19 Å². The van der Waals surface area contributed by atoms with Gasteiger partial charge in [0, 0.05) is 16.2 Å². The first kappa shape index (κ1) is 21.1. The molecule has 4 heteroatoms. The van der Waals surface area contributed by atoms with E-state index in [9.17, 15) is 4.79 Å². The molecule has 0 aromatic heterocycles. The highest BCUT2D eigenvalue weighted by molar-refractivity contribution is 8.20. The van der Waals surface area contributed by atoms with Crippen molar-refractivity contribution >= 4 is 40.5 Å². The van der Waals surface area contributed by atoms with Gasteiger partial charge in [-0.05, 0) is 12.5 Å². The zero-order valence-corrected chi connectivity index (χ0v) is 18.1. The van der Waals surface area contributed by atoms with E-state index in [1.807, 2.05) is 78.9 Å². The Morgan fingerprint density at radius 3 is 1.79 bits per heavy atom. The molecule has 0 spiro atoms. The molecule has 0 aliphatic rings. The third kappa shape index (κ3) is 5.27. The summed E-state index contributed by atoms with van der Waals surface area (Å²) in [6.07, 6.45) is 1.60. The summed E-state index contributed by atoms with van der Waals surface area (Å²) >= 11 is 6.26. The van der Waals surface area contributed by atoms with Gasteiger partial charge in [-0.3, -0.25) is 9.88 Å². The summed E-state index contributed by atoms with van der Waals surface area (Å²) in [5.74, 6) is -0.0529. The summed E-state index contributed by atoms with van der Waals surface area (Å²) in [6, 6.07) is 29.8. The molecule has 3 rings (SSSR count). The van der Waals surface area contributed by atoms with Crippen LogP contribution < -0.4 is 15.7 Å². The number of hydrogen-bond donors (Lipinski definition) is 1. The predicted octanol–water partition coefficient (Wildman–Crippen LogP) is 4.85. The summed E-state index contributed by atoms with van der Waals surface area (Å²) < 4.78 is 0. The van der Waals surface area contributed by atoms with Crippen molar-refractivity contribution in [2.45, 2.75) is 13.0 Å². The third-order valence-electron chi connectivity index (χ3n) is 4.67. The maximum Gasteiger partial charge on any atom is 0.157 e. The van der Waals surface area contributed by atoms with E-state index in [2.05, 4.69) is 35.9 Å². The van der Waals surface area contributed by atoms with Crippen LogP contribution in [-0.2, 0) is 16.6 Å². The van der Waals surface area contributed by atoms with Gasteiger partial charge in [-0.25, -0.2) is 0 Å². The van der Waals surface area contributed by atoms with Crippen LogP contribution in [0.4, 0.5) is 0 Å². The average Bonchev–Trinajstić information content (AvgIpc) is 2.78. The normalized spacial score (nSPS) is 12.6. The van der Waals surface area contributed by atoms with Crippen LogP contribution in [0.2, 0.25) is 0 Å². The highest BCUT2D eigenvalue weighted by atomic mass is 32.4. The van der Waals surface area contributed by atoms with Gasteiger partial charge in [0.1, 0.15) is 0 Å². The molecule has 0 aliphatic carbocycles. The molecule has 1 N–H and O–H groups in total. The lowest BCUT2D eigenvalue weighted by atomic mass is 10.0. The maximum atomic E-state index is 12.2. The molecule has 29 heavy (non-hydrogen) atoms. The van der Waals surface area contributed by atoms with Gasteiger partial charge < -0.3 is 0 Å². The number of hydrogen-bond acceptors (Lipinski definition) is 2. The molecule has 2 nitrogen and oxygen atoms in total. The van der Waals surface area contributed by atoms with Crippen LogP contribution >= 0.6 is 6.19 Å². The third-order valence-corrected chi connectivity index (χ3v) is 8.94. The number of benzene rings is 3. The molecule has 0 heterocycles. The Morgan fingerprint density at radius 2 is 1.34 bits per heavy atom. The van der Waals surface area contributed by atoms with Crippen LogP contribution in [0.1, 0.15) is 12.5 Å². The van der Waals surface area contributed by atoms with E-state index in [-0.39, 0.29) is 11.8 Å². The van der Waals surface area contributed by atoms with Gasteiger partial charge in [-0.1, -0.05) is 122 Å². The number of nitrogens with one attached hydrogen (secondary N) is 1. The van der Waals surface area contributed by atoms with Crippen LogP contribution in [-0.4, -0.2) is 11.8 Å². The number of carbonyl (C=O) groups is 1. The van der Waals surface area contributed by atoms with Crippen molar-refractivity contribution in [1.82, 2.24) is 5.09 Å². The van der Waals surface area contributed by atoms with Gasteiger partial charge >= 0.3 is 0 Å². The average molecular weight is 418 g/mol.